The summed E-state index contributed by atoms with van der Waals surface area (Å²) in [6.07, 6.45) is 7.62. The first-order valence-electron chi connectivity index (χ1n) is 13.8. The number of hydrogen-bond acceptors (Lipinski definition) is 8. The number of hydrazine groups is 1. The number of anilines is 2. The first-order chi connectivity index (χ1) is 21.3. The molecule has 3 amide bonds. The van der Waals surface area contributed by atoms with E-state index in [2.05, 4.69) is 42.6 Å². The predicted molar refractivity (Wildman–Crippen MR) is 172 cm³/mol. The van der Waals surface area contributed by atoms with Crippen LogP contribution in [0, 0.1) is 0 Å². The van der Waals surface area contributed by atoms with Gasteiger partial charge in [0.1, 0.15) is 6.34 Å². The Bertz CT molecular complexity index is 1590. The highest BCUT2D eigenvalue weighted by atomic mass is 35.5. The van der Waals surface area contributed by atoms with E-state index in [9.17, 15) is 14.4 Å². The van der Waals surface area contributed by atoms with Crippen molar-refractivity contribution in [2.75, 3.05) is 17.4 Å². The second-order valence-electron chi connectivity index (χ2n) is 9.87. The molecule has 13 heteroatoms. The number of carbonyl (C=O) groups is 3. The van der Waals surface area contributed by atoms with Gasteiger partial charge in [-0.1, -0.05) is 30.2 Å². The minimum absolute atomic E-state index is 0.122. The van der Waals surface area contributed by atoms with Crippen LogP contribution in [0.3, 0.4) is 0 Å². The molecule has 0 unspecified atom stereocenters. The number of pyridine rings is 1. The SMILES string of the molecule is C=N/N=C\N(N)c1ccc(Cl)cc1/C=C/C(=O)N[C@H]1CCCCC(=O)Nc2cc(CNC(=O)OC)ccc2-c2ccnc1c2. The molecule has 2 bridgehead atoms. The van der Waals surface area contributed by atoms with Gasteiger partial charge < -0.3 is 20.7 Å². The molecular formula is C31H33ClN8O4. The highest BCUT2D eigenvalue weighted by Gasteiger charge is 2.19. The van der Waals surface area contributed by atoms with Crippen molar-refractivity contribution in [3.63, 3.8) is 0 Å². The van der Waals surface area contributed by atoms with Crippen LogP contribution in [0.5, 0.6) is 0 Å². The molecule has 5 N–H and O–H groups in total. The molecular weight excluding hydrogens is 584 g/mol. The Labute approximate surface area is 260 Å². The number of aromatic nitrogens is 1. The molecule has 12 nitrogen and oxygen atoms in total. The maximum Gasteiger partial charge on any atom is 0.407 e. The maximum absolute atomic E-state index is 13.2. The molecule has 4 rings (SSSR count). The van der Waals surface area contributed by atoms with Crippen LogP contribution in [0.2, 0.25) is 5.02 Å². The Hall–Kier alpha value is -5.07. The lowest BCUT2D eigenvalue weighted by Gasteiger charge is -2.20. The first kappa shape index (κ1) is 31.9. The van der Waals surface area contributed by atoms with Crippen molar-refractivity contribution in [1.82, 2.24) is 15.6 Å². The number of nitrogens with two attached hydrogens (primary N) is 1. The Kier molecular flexibility index (Phi) is 11.2. The topological polar surface area (TPSA) is 163 Å². The van der Waals surface area contributed by atoms with Crippen molar-refractivity contribution in [1.29, 1.82) is 0 Å². The normalized spacial score (nSPS) is 15.0. The zero-order valence-corrected chi connectivity index (χ0v) is 24.9. The molecule has 2 heterocycles. The molecule has 1 aliphatic heterocycles. The van der Waals surface area contributed by atoms with Gasteiger partial charge in [-0.05, 0) is 66.4 Å². The lowest BCUT2D eigenvalue weighted by molar-refractivity contribution is -0.118. The quantitative estimate of drug-likeness (QED) is 0.0913. The van der Waals surface area contributed by atoms with Crippen molar-refractivity contribution in [3.05, 3.63) is 82.6 Å². The van der Waals surface area contributed by atoms with E-state index in [0.717, 1.165) is 16.7 Å². The summed E-state index contributed by atoms with van der Waals surface area (Å²) in [5.41, 5.74) is 4.82. The Morgan fingerprint density at radius 1 is 1.23 bits per heavy atom. The number of hydrogen-bond donors (Lipinski definition) is 4. The molecule has 0 fully saturated rings. The fourth-order valence-corrected chi connectivity index (χ4v) is 4.86. The van der Waals surface area contributed by atoms with Crippen molar-refractivity contribution in [3.8, 4) is 11.1 Å². The standard InChI is InChI=1S/C31H33ClN8O4/c1-34-37-19-40(33)28-11-9-23(32)16-22(28)8-12-30(42)38-25-5-3-4-6-29(41)39-26-15-20(18-36-31(43)44-2)7-10-24(26)21-13-14-35-27(25)17-21/h7-17,19,25H,1,3-6,18,33H2,2H3,(H,36,43)(H,38,42)(H,39,41)/b12-8+,37-19-/t25-/m0/s1. The van der Waals surface area contributed by atoms with Gasteiger partial charge in [-0.15, -0.1) is 5.10 Å². The number of amides is 3. The summed E-state index contributed by atoms with van der Waals surface area (Å²) in [5.74, 6) is 5.59. The molecule has 44 heavy (non-hydrogen) atoms. The van der Waals surface area contributed by atoms with Crippen molar-refractivity contribution < 1.29 is 19.1 Å². The number of benzene rings is 2. The number of halogens is 1. The Morgan fingerprint density at radius 3 is 2.86 bits per heavy atom. The van der Waals surface area contributed by atoms with Crippen LogP contribution in [0.4, 0.5) is 16.2 Å². The lowest BCUT2D eigenvalue weighted by Crippen LogP contribution is -2.29. The zero-order valence-electron chi connectivity index (χ0n) is 24.1. The molecule has 1 aromatic heterocycles. The van der Waals surface area contributed by atoms with Gasteiger partial charge in [0.15, 0.2) is 0 Å². The highest BCUT2D eigenvalue weighted by molar-refractivity contribution is 6.30. The summed E-state index contributed by atoms with van der Waals surface area (Å²) < 4.78 is 4.65. The molecule has 3 aromatic rings. The van der Waals surface area contributed by atoms with E-state index in [0.29, 0.717) is 53.3 Å². The van der Waals surface area contributed by atoms with E-state index in [4.69, 9.17) is 17.4 Å². The number of fused-ring (bicyclic) bond motifs is 4. The molecule has 1 atom stereocenters. The van der Waals surface area contributed by atoms with Crippen molar-refractivity contribution >= 4 is 60.0 Å². The third-order valence-corrected chi connectivity index (χ3v) is 7.07. The van der Waals surface area contributed by atoms with Crippen molar-refractivity contribution in [2.45, 2.75) is 38.3 Å². The molecule has 0 radical (unpaired) electrons. The number of alkyl carbamates (subject to hydrolysis) is 1. The number of nitrogens with one attached hydrogen (secondary N) is 3. The van der Waals surface area contributed by atoms with Crippen LogP contribution in [0.25, 0.3) is 17.2 Å². The van der Waals surface area contributed by atoms with Gasteiger partial charge in [0.25, 0.3) is 0 Å². The average Bonchev–Trinajstić information content (AvgIpc) is 3.02. The summed E-state index contributed by atoms with van der Waals surface area (Å²) in [7, 11) is 1.30. The summed E-state index contributed by atoms with van der Waals surface area (Å²) in [5, 5.41) is 17.5. The van der Waals surface area contributed by atoms with E-state index >= 15 is 0 Å². The van der Waals surface area contributed by atoms with Gasteiger partial charge in [-0.3, -0.25) is 19.6 Å². The number of carbonyl (C=O) groups excluding carboxylic acids is 3. The Balaban J connectivity index is 1.59. The third-order valence-electron chi connectivity index (χ3n) is 6.83. The lowest BCUT2D eigenvalue weighted by atomic mass is 9.97. The van der Waals surface area contributed by atoms with Crippen LogP contribution < -0.4 is 26.8 Å². The van der Waals surface area contributed by atoms with Crippen LogP contribution in [0.1, 0.15) is 48.5 Å². The second kappa shape index (κ2) is 15.4. The van der Waals surface area contributed by atoms with Crippen LogP contribution >= 0.6 is 11.6 Å². The van der Waals surface area contributed by atoms with Gasteiger partial charge >= 0.3 is 6.09 Å². The largest absolute Gasteiger partial charge is 0.453 e. The zero-order chi connectivity index (χ0) is 31.5. The molecule has 0 saturated carbocycles. The van der Waals surface area contributed by atoms with E-state index < -0.39 is 12.1 Å². The molecule has 228 valence electrons. The average molecular weight is 617 g/mol. The van der Waals surface area contributed by atoms with Gasteiger partial charge in [-0.25, -0.2) is 10.6 Å². The smallest absolute Gasteiger partial charge is 0.407 e. The number of methoxy groups -OCH3 is 1. The van der Waals surface area contributed by atoms with E-state index in [1.165, 1.54) is 24.5 Å². The molecule has 0 saturated heterocycles. The van der Waals surface area contributed by atoms with Gasteiger partial charge in [0.05, 0.1) is 24.5 Å². The number of nitrogens with zero attached hydrogens (tertiary/aromatic N) is 4. The first-order valence-corrected chi connectivity index (χ1v) is 14.2. The Morgan fingerprint density at radius 2 is 2.07 bits per heavy atom. The van der Waals surface area contributed by atoms with Crippen LogP contribution in [0.15, 0.2) is 71.0 Å². The fourth-order valence-electron chi connectivity index (χ4n) is 4.68. The highest BCUT2D eigenvalue weighted by Crippen LogP contribution is 2.32. The molecule has 0 spiro atoms. The summed E-state index contributed by atoms with van der Waals surface area (Å²) in [6.45, 7) is 3.53. The number of rotatable bonds is 8. The molecule has 1 aliphatic rings. The summed E-state index contributed by atoms with van der Waals surface area (Å²) >= 11 is 6.20. The van der Waals surface area contributed by atoms with Gasteiger partial charge in [0, 0.05) is 53.8 Å². The minimum Gasteiger partial charge on any atom is -0.453 e. The molecule has 0 aliphatic carbocycles. The molecule has 2 aromatic carbocycles. The van der Waals surface area contributed by atoms with Gasteiger partial charge in [-0.2, -0.15) is 5.10 Å². The van der Waals surface area contributed by atoms with E-state index in [1.54, 1.807) is 30.5 Å². The van der Waals surface area contributed by atoms with E-state index in [1.807, 2.05) is 30.3 Å². The predicted octanol–water partition coefficient (Wildman–Crippen LogP) is 4.97. The number of ether oxygens (including phenoxy) is 1. The monoisotopic (exact) mass is 616 g/mol. The van der Waals surface area contributed by atoms with Crippen molar-refractivity contribution in [2.24, 2.45) is 16.0 Å². The summed E-state index contributed by atoms with van der Waals surface area (Å²) in [4.78, 5) is 42.1. The van der Waals surface area contributed by atoms with Gasteiger partial charge in [0.2, 0.25) is 11.8 Å². The van der Waals surface area contributed by atoms with Crippen LogP contribution in [-0.2, 0) is 20.9 Å². The third kappa shape index (κ3) is 8.72. The van der Waals surface area contributed by atoms with E-state index in [-0.39, 0.29) is 18.4 Å². The second-order valence-corrected chi connectivity index (χ2v) is 10.3. The fraction of sp³-hybridized carbons (Fsp3) is 0.226. The summed E-state index contributed by atoms with van der Waals surface area (Å²) in [6, 6.07) is 14.0. The minimum atomic E-state index is -0.548. The maximum atomic E-state index is 13.2. The van der Waals surface area contributed by atoms with Crippen LogP contribution in [-0.4, -0.2) is 43.1 Å².